The van der Waals surface area contributed by atoms with Gasteiger partial charge in [-0.2, -0.15) is 0 Å². The van der Waals surface area contributed by atoms with E-state index in [9.17, 15) is 0 Å². The van der Waals surface area contributed by atoms with E-state index in [1.54, 1.807) is 0 Å². The Morgan fingerprint density at radius 3 is 2.59 bits per heavy atom. The van der Waals surface area contributed by atoms with E-state index in [-0.39, 0.29) is 5.54 Å². The average molecular weight is 240 g/mol. The molecule has 2 rings (SSSR count). The molecule has 0 aromatic carbocycles. The zero-order valence-corrected chi connectivity index (χ0v) is 11.5. The highest BCUT2D eigenvalue weighted by Gasteiger charge is 2.41. The molecule has 3 heteroatoms. The lowest BCUT2D eigenvalue weighted by Gasteiger charge is -2.51. The molecule has 0 amide bonds. The van der Waals surface area contributed by atoms with Gasteiger partial charge in [0.2, 0.25) is 0 Å². The van der Waals surface area contributed by atoms with Crippen molar-refractivity contribution < 1.29 is 4.74 Å². The van der Waals surface area contributed by atoms with Gasteiger partial charge < -0.3 is 10.5 Å². The van der Waals surface area contributed by atoms with Gasteiger partial charge in [0.15, 0.2) is 0 Å². The van der Waals surface area contributed by atoms with Gasteiger partial charge >= 0.3 is 0 Å². The minimum atomic E-state index is 0.273. The Kier molecular flexibility index (Phi) is 4.45. The second-order valence-corrected chi connectivity index (χ2v) is 5.90. The Balaban J connectivity index is 2.03. The van der Waals surface area contributed by atoms with Crippen LogP contribution in [0, 0.1) is 5.92 Å². The summed E-state index contributed by atoms with van der Waals surface area (Å²) >= 11 is 0. The molecule has 2 aliphatic rings. The molecule has 1 aliphatic carbocycles. The molecule has 0 aromatic heterocycles. The monoisotopic (exact) mass is 240 g/mol. The maximum atomic E-state index is 6.14. The molecule has 0 aromatic rings. The van der Waals surface area contributed by atoms with Crippen LogP contribution in [0.3, 0.4) is 0 Å². The molecule has 1 atom stereocenters. The van der Waals surface area contributed by atoms with E-state index in [4.69, 9.17) is 10.5 Å². The number of morpholine rings is 1. The second-order valence-electron chi connectivity index (χ2n) is 5.90. The summed E-state index contributed by atoms with van der Waals surface area (Å²) < 4.78 is 5.55. The van der Waals surface area contributed by atoms with Crippen molar-refractivity contribution in [3.8, 4) is 0 Å². The average Bonchev–Trinajstić information content (AvgIpc) is 2.39. The molecule has 1 saturated heterocycles. The van der Waals surface area contributed by atoms with Gasteiger partial charge in [0.25, 0.3) is 0 Å². The summed E-state index contributed by atoms with van der Waals surface area (Å²) in [5.74, 6) is 0.936. The third kappa shape index (κ3) is 2.67. The largest absolute Gasteiger partial charge is 0.379 e. The van der Waals surface area contributed by atoms with Crippen molar-refractivity contribution in [1.29, 1.82) is 0 Å². The summed E-state index contributed by atoms with van der Waals surface area (Å²) in [6.07, 6.45) is 6.62. The van der Waals surface area contributed by atoms with Crippen LogP contribution < -0.4 is 5.73 Å². The highest BCUT2D eigenvalue weighted by atomic mass is 16.5. The van der Waals surface area contributed by atoms with Crippen molar-refractivity contribution in [2.24, 2.45) is 11.7 Å². The van der Waals surface area contributed by atoms with Crippen molar-refractivity contribution in [2.45, 2.75) is 57.5 Å². The SMILES string of the molecule is CCC1CCC(CN)(N2CCOCC2C)CC1. The normalized spacial score (nSPS) is 40.4. The molecule has 2 fully saturated rings. The predicted octanol–water partition coefficient (Wildman–Crippen LogP) is 2.00. The van der Waals surface area contributed by atoms with Gasteiger partial charge in [-0.15, -0.1) is 0 Å². The van der Waals surface area contributed by atoms with Gasteiger partial charge in [-0.3, -0.25) is 4.90 Å². The summed E-state index contributed by atoms with van der Waals surface area (Å²) in [5.41, 5.74) is 6.41. The number of hydrogen-bond donors (Lipinski definition) is 1. The molecule has 100 valence electrons. The number of hydrogen-bond acceptors (Lipinski definition) is 3. The van der Waals surface area contributed by atoms with Crippen LogP contribution in [-0.4, -0.2) is 42.8 Å². The van der Waals surface area contributed by atoms with Crippen molar-refractivity contribution in [2.75, 3.05) is 26.3 Å². The van der Waals surface area contributed by atoms with E-state index in [1.807, 2.05) is 0 Å². The Labute approximate surface area is 106 Å². The zero-order valence-electron chi connectivity index (χ0n) is 11.5. The Morgan fingerprint density at radius 2 is 2.06 bits per heavy atom. The molecule has 3 nitrogen and oxygen atoms in total. The number of rotatable bonds is 3. The van der Waals surface area contributed by atoms with Crippen LogP contribution in [0.15, 0.2) is 0 Å². The molecule has 1 aliphatic heterocycles. The van der Waals surface area contributed by atoms with E-state index in [1.165, 1.54) is 32.1 Å². The highest BCUT2D eigenvalue weighted by molar-refractivity contribution is 4.98. The fraction of sp³-hybridized carbons (Fsp3) is 1.00. The maximum Gasteiger partial charge on any atom is 0.0620 e. The minimum absolute atomic E-state index is 0.273. The molecule has 1 heterocycles. The number of ether oxygens (including phenoxy) is 1. The van der Waals surface area contributed by atoms with E-state index in [2.05, 4.69) is 18.7 Å². The standard InChI is InChI=1S/C14H28N2O/c1-3-13-4-6-14(11-15,7-5-13)16-8-9-17-10-12(16)2/h12-13H,3-11,15H2,1-2H3. The quantitative estimate of drug-likeness (QED) is 0.820. The lowest BCUT2D eigenvalue weighted by Crippen LogP contribution is -2.62. The van der Waals surface area contributed by atoms with Crippen LogP contribution in [0.25, 0.3) is 0 Å². The van der Waals surface area contributed by atoms with Crippen LogP contribution in [0.2, 0.25) is 0 Å². The van der Waals surface area contributed by atoms with Crippen LogP contribution in [0.1, 0.15) is 46.0 Å². The third-order valence-electron chi connectivity index (χ3n) is 4.97. The summed E-state index contributed by atoms with van der Waals surface area (Å²) in [6, 6.07) is 0.533. The van der Waals surface area contributed by atoms with Gasteiger partial charge in [0.05, 0.1) is 13.2 Å². The van der Waals surface area contributed by atoms with Crippen molar-refractivity contribution in [1.82, 2.24) is 4.90 Å². The first-order valence-corrected chi connectivity index (χ1v) is 7.26. The van der Waals surface area contributed by atoms with E-state index < -0.39 is 0 Å². The zero-order chi connectivity index (χ0) is 12.3. The first-order valence-electron chi connectivity index (χ1n) is 7.26. The Morgan fingerprint density at radius 1 is 1.35 bits per heavy atom. The third-order valence-corrected chi connectivity index (χ3v) is 4.97. The molecule has 0 bridgehead atoms. The van der Waals surface area contributed by atoms with Crippen LogP contribution in [0.5, 0.6) is 0 Å². The van der Waals surface area contributed by atoms with Crippen LogP contribution in [-0.2, 0) is 4.74 Å². The van der Waals surface area contributed by atoms with E-state index >= 15 is 0 Å². The van der Waals surface area contributed by atoms with Crippen LogP contribution in [0.4, 0.5) is 0 Å². The lowest BCUT2D eigenvalue weighted by atomic mass is 9.74. The number of nitrogens with zero attached hydrogens (tertiary/aromatic N) is 1. The second kappa shape index (κ2) is 5.68. The number of nitrogens with two attached hydrogens (primary N) is 1. The van der Waals surface area contributed by atoms with Gasteiger partial charge in [-0.05, 0) is 38.5 Å². The van der Waals surface area contributed by atoms with Gasteiger partial charge in [0.1, 0.15) is 0 Å². The predicted molar refractivity (Wildman–Crippen MR) is 71.0 cm³/mol. The summed E-state index contributed by atoms with van der Waals surface area (Å²) in [7, 11) is 0. The smallest absolute Gasteiger partial charge is 0.0620 e. The highest BCUT2D eigenvalue weighted by Crippen LogP contribution is 2.38. The summed E-state index contributed by atoms with van der Waals surface area (Å²) in [6.45, 7) is 8.23. The fourth-order valence-corrected chi connectivity index (χ4v) is 3.66. The van der Waals surface area contributed by atoms with Gasteiger partial charge in [-0.25, -0.2) is 0 Å². The molecule has 0 spiro atoms. The molecule has 1 unspecified atom stereocenters. The molecule has 2 N–H and O–H groups in total. The van der Waals surface area contributed by atoms with E-state index in [0.29, 0.717) is 6.04 Å². The first-order chi connectivity index (χ1) is 8.22. The Bertz CT molecular complexity index is 236. The Hall–Kier alpha value is -0.120. The van der Waals surface area contributed by atoms with Crippen LogP contribution >= 0.6 is 0 Å². The van der Waals surface area contributed by atoms with Crippen molar-refractivity contribution >= 4 is 0 Å². The fourth-order valence-electron chi connectivity index (χ4n) is 3.66. The minimum Gasteiger partial charge on any atom is -0.379 e. The summed E-state index contributed by atoms with van der Waals surface area (Å²) in [5, 5.41) is 0. The van der Waals surface area contributed by atoms with Gasteiger partial charge in [-0.1, -0.05) is 13.3 Å². The first kappa shape index (κ1) is 13.3. The molecule has 0 radical (unpaired) electrons. The maximum absolute atomic E-state index is 6.14. The van der Waals surface area contributed by atoms with Crippen molar-refractivity contribution in [3.63, 3.8) is 0 Å². The molecule has 17 heavy (non-hydrogen) atoms. The van der Waals surface area contributed by atoms with E-state index in [0.717, 1.165) is 32.2 Å². The van der Waals surface area contributed by atoms with Crippen molar-refractivity contribution in [3.05, 3.63) is 0 Å². The summed E-state index contributed by atoms with van der Waals surface area (Å²) in [4.78, 5) is 2.64. The topological polar surface area (TPSA) is 38.5 Å². The molecule has 1 saturated carbocycles. The lowest BCUT2D eigenvalue weighted by molar-refractivity contribution is -0.0727. The molecular formula is C14H28N2O. The van der Waals surface area contributed by atoms with Gasteiger partial charge in [0, 0.05) is 24.7 Å². The molecular weight excluding hydrogens is 212 g/mol.